The summed E-state index contributed by atoms with van der Waals surface area (Å²) in [5.74, 6) is 1.22. The smallest absolute Gasteiger partial charge is 0.242 e. The van der Waals surface area contributed by atoms with Crippen LogP contribution in [0.3, 0.4) is 0 Å². The lowest BCUT2D eigenvalue weighted by atomic mass is 9.79. The summed E-state index contributed by atoms with van der Waals surface area (Å²) < 4.78 is 0. The molecule has 0 bridgehead atoms. The number of unbranched alkanes of at least 4 members (excludes halogenated alkanes) is 1. The molecule has 2 rings (SSSR count). The van der Waals surface area contributed by atoms with E-state index in [9.17, 15) is 9.59 Å². The molecule has 1 atom stereocenters. The van der Waals surface area contributed by atoms with Crippen LogP contribution in [0, 0.1) is 11.8 Å². The molecule has 2 fully saturated rings. The molecule has 1 unspecified atom stereocenters. The molecule has 1 saturated heterocycles. The van der Waals surface area contributed by atoms with Crippen LogP contribution in [0.4, 0.5) is 0 Å². The van der Waals surface area contributed by atoms with Crippen LogP contribution in [0.5, 0.6) is 0 Å². The van der Waals surface area contributed by atoms with Gasteiger partial charge in [-0.1, -0.05) is 33.1 Å². The van der Waals surface area contributed by atoms with Gasteiger partial charge in [0.15, 0.2) is 0 Å². The first-order valence-corrected chi connectivity index (χ1v) is 8.75. The highest BCUT2D eigenvalue weighted by atomic mass is 16.2. The lowest BCUT2D eigenvalue weighted by molar-refractivity contribution is -0.147. The summed E-state index contributed by atoms with van der Waals surface area (Å²) in [5, 5.41) is 2.87. The van der Waals surface area contributed by atoms with E-state index in [-0.39, 0.29) is 23.8 Å². The van der Waals surface area contributed by atoms with Crippen molar-refractivity contribution in [2.45, 2.75) is 71.3 Å². The van der Waals surface area contributed by atoms with Crippen LogP contribution in [0.1, 0.15) is 65.2 Å². The second-order valence-corrected chi connectivity index (χ2v) is 6.61. The minimum absolute atomic E-state index is 0.0220. The quantitative estimate of drug-likeness (QED) is 0.847. The maximum absolute atomic E-state index is 12.7. The molecule has 2 aliphatic rings. The standard InChI is InChI=1S/C17H30N2O2/c1-3-5-6-13-7-9-14(10-8-13)17(21)19-12-11-18-16(20)15(19)4-2/h13-15H,3-12H2,1-2H3,(H,18,20). The number of hydrogen-bond donors (Lipinski definition) is 1. The van der Waals surface area contributed by atoms with Crippen molar-refractivity contribution >= 4 is 11.8 Å². The average molecular weight is 294 g/mol. The summed E-state index contributed by atoms with van der Waals surface area (Å²) in [5.41, 5.74) is 0. The zero-order valence-electron chi connectivity index (χ0n) is 13.6. The molecule has 0 aromatic heterocycles. The second kappa shape index (κ2) is 7.81. The maximum Gasteiger partial charge on any atom is 0.242 e. The van der Waals surface area contributed by atoms with Crippen molar-refractivity contribution in [1.29, 1.82) is 0 Å². The predicted molar refractivity (Wildman–Crippen MR) is 83.8 cm³/mol. The predicted octanol–water partition coefficient (Wildman–Crippen LogP) is 2.72. The Hall–Kier alpha value is -1.06. The van der Waals surface area contributed by atoms with E-state index < -0.39 is 0 Å². The van der Waals surface area contributed by atoms with Gasteiger partial charge in [0, 0.05) is 19.0 Å². The molecule has 120 valence electrons. The summed E-state index contributed by atoms with van der Waals surface area (Å²) in [6.07, 6.45) is 9.02. The van der Waals surface area contributed by atoms with Crippen LogP contribution in [0.2, 0.25) is 0 Å². The highest BCUT2D eigenvalue weighted by Gasteiger charge is 2.36. The van der Waals surface area contributed by atoms with Gasteiger partial charge in [0.25, 0.3) is 0 Å². The Morgan fingerprint density at radius 3 is 2.57 bits per heavy atom. The average Bonchev–Trinajstić information content (AvgIpc) is 2.52. The van der Waals surface area contributed by atoms with E-state index in [4.69, 9.17) is 0 Å². The van der Waals surface area contributed by atoms with Gasteiger partial charge in [-0.05, 0) is 38.0 Å². The number of rotatable bonds is 5. The highest BCUT2D eigenvalue weighted by Crippen LogP contribution is 2.33. The van der Waals surface area contributed by atoms with Gasteiger partial charge in [0.2, 0.25) is 11.8 Å². The Kier molecular flexibility index (Phi) is 6.07. The summed E-state index contributed by atoms with van der Waals surface area (Å²) in [6.45, 7) is 5.50. The Morgan fingerprint density at radius 1 is 1.24 bits per heavy atom. The Balaban J connectivity index is 1.87. The fourth-order valence-electron chi connectivity index (χ4n) is 3.81. The van der Waals surface area contributed by atoms with Crippen molar-refractivity contribution in [1.82, 2.24) is 10.2 Å². The van der Waals surface area contributed by atoms with Gasteiger partial charge in [-0.3, -0.25) is 9.59 Å². The minimum Gasteiger partial charge on any atom is -0.353 e. The van der Waals surface area contributed by atoms with Gasteiger partial charge >= 0.3 is 0 Å². The molecular formula is C17H30N2O2. The molecule has 4 nitrogen and oxygen atoms in total. The zero-order valence-corrected chi connectivity index (χ0v) is 13.6. The van der Waals surface area contributed by atoms with Gasteiger partial charge in [-0.25, -0.2) is 0 Å². The topological polar surface area (TPSA) is 49.4 Å². The Bertz CT molecular complexity index is 362. The molecule has 4 heteroatoms. The van der Waals surface area contributed by atoms with Crippen LogP contribution in [-0.4, -0.2) is 35.8 Å². The molecule has 1 saturated carbocycles. The highest BCUT2D eigenvalue weighted by molar-refractivity contribution is 5.89. The first kappa shape index (κ1) is 16.3. The van der Waals surface area contributed by atoms with Gasteiger partial charge in [0.1, 0.15) is 6.04 Å². The molecule has 1 aliphatic carbocycles. The van der Waals surface area contributed by atoms with E-state index in [0.717, 1.165) is 18.8 Å². The monoisotopic (exact) mass is 294 g/mol. The number of nitrogens with one attached hydrogen (secondary N) is 1. The molecule has 1 heterocycles. The molecular weight excluding hydrogens is 264 g/mol. The minimum atomic E-state index is -0.246. The molecule has 2 amide bonds. The number of carbonyl (C=O) groups excluding carboxylic acids is 2. The van der Waals surface area contributed by atoms with Crippen LogP contribution in [-0.2, 0) is 9.59 Å². The molecule has 1 aliphatic heterocycles. The van der Waals surface area contributed by atoms with Crippen molar-refractivity contribution in [3.05, 3.63) is 0 Å². The lowest BCUT2D eigenvalue weighted by Crippen LogP contribution is -2.58. The molecule has 0 aromatic carbocycles. The second-order valence-electron chi connectivity index (χ2n) is 6.61. The number of nitrogens with zero attached hydrogens (tertiary/aromatic N) is 1. The number of hydrogen-bond acceptors (Lipinski definition) is 2. The fraction of sp³-hybridized carbons (Fsp3) is 0.882. The van der Waals surface area contributed by atoms with E-state index in [1.165, 1.54) is 32.1 Å². The third-order valence-corrected chi connectivity index (χ3v) is 5.16. The van der Waals surface area contributed by atoms with E-state index in [0.29, 0.717) is 19.5 Å². The summed E-state index contributed by atoms with van der Waals surface area (Å²) in [4.78, 5) is 26.5. The van der Waals surface area contributed by atoms with E-state index in [2.05, 4.69) is 12.2 Å². The van der Waals surface area contributed by atoms with Gasteiger partial charge in [-0.15, -0.1) is 0 Å². The van der Waals surface area contributed by atoms with Crippen LogP contribution >= 0.6 is 0 Å². The Morgan fingerprint density at radius 2 is 1.95 bits per heavy atom. The third kappa shape index (κ3) is 3.98. The number of piperazine rings is 1. The van der Waals surface area contributed by atoms with Gasteiger partial charge in [0.05, 0.1) is 0 Å². The molecule has 1 N–H and O–H groups in total. The van der Waals surface area contributed by atoms with Crippen molar-refractivity contribution in [2.75, 3.05) is 13.1 Å². The maximum atomic E-state index is 12.7. The number of amides is 2. The molecule has 0 aromatic rings. The molecule has 0 radical (unpaired) electrons. The molecule has 0 spiro atoms. The first-order valence-electron chi connectivity index (χ1n) is 8.75. The van der Waals surface area contributed by atoms with Crippen LogP contribution in [0.25, 0.3) is 0 Å². The van der Waals surface area contributed by atoms with Crippen molar-refractivity contribution in [3.63, 3.8) is 0 Å². The van der Waals surface area contributed by atoms with Crippen LogP contribution < -0.4 is 5.32 Å². The SMILES string of the molecule is CCCCC1CCC(C(=O)N2CCNC(=O)C2CC)CC1. The Labute approximate surface area is 128 Å². The normalized spacial score (nSPS) is 30.1. The summed E-state index contributed by atoms with van der Waals surface area (Å²) in [7, 11) is 0. The van der Waals surface area contributed by atoms with Crippen molar-refractivity contribution < 1.29 is 9.59 Å². The first-order chi connectivity index (χ1) is 10.2. The van der Waals surface area contributed by atoms with Gasteiger partial charge in [-0.2, -0.15) is 0 Å². The largest absolute Gasteiger partial charge is 0.353 e. The van der Waals surface area contributed by atoms with E-state index in [1.54, 1.807) is 0 Å². The lowest BCUT2D eigenvalue weighted by Gasteiger charge is -2.38. The fourth-order valence-corrected chi connectivity index (χ4v) is 3.81. The molecule has 21 heavy (non-hydrogen) atoms. The summed E-state index contributed by atoms with van der Waals surface area (Å²) >= 11 is 0. The van der Waals surface area contributed by atoms with E-state index in [1.807, 2.05) is 11.8 Å². The third-order valence-electron chi connectivity index (χ3n) is 5.16. The zero-order chi connectivity index (χ0) is 15.2. The van der Waals surface area contributed by atoms with Crippen molar-refractivity contribution in [3.8, 4) is 0 Å². The summed E-state index contributed by atoms with van der Waals surface area (Å²) in [6, 6.07) is -0.246. The van der Waals surface area contributed by atoms with Crippen molar-refractivity contribution in [2.24, 2.45) is 11.8 Å². The van der Waals surface area contributed by atoms with Crippen LogP contribution in [0.15, 0.2) is 0 Å². The van der Waals surface area contributed by atoms with Gasteiger partial charge < -0.3 is 10.2 Å². The van der Waals surface area contributed by atoms with E-state index >= 15 is 0 Å². The number of carbonyl (C=O) groups is 2.